The van der Waals surface area contributed by atoms with Gasteiger partial charge in [-0.3, -0.25) is 4.79 Å². The molecule has 3 atom stereocenters. The Bertz CT molecular complexity index is 278. The van der Waals surface area contributed by atoms with Gasteiger partial charge in [-0.05, 0) is 19.3 Å². The third-order valence-electron chi connectivity index (χ3n) is 3.43. The second-order valence-corrected chi connectivity index (χ2v) is 4.53. The highest BCUT2D eigenvalue weighted by Crippen LogP contribution is 2.18. The highest BCUT2D eigenvalue weighted by Gasteiger charge is 2.30. The van der Waals surface area contributed by atoms with E-state index in [1.807, 2.05) is 0 Å². The van der Waals surface area contributed by atoms with Gasteiger partial charge in [0, 0.05) is 26.1 Å². The molecule has 0 saturated carbocycles. The van der Waals surface area contributed by atoms with E-state index in [1.165, 1.54) is 0 Å². The smallest absolute Gasteiger partial charge is 0.223 e. The van der Waals surface area contributed by atoms with Crippen LogP contribution in [-0.4, -0.2) is 38.3 Å². The molecule has 2 N–H and O–H groups in total. The first kappa shape index (κ1) is 11.6. The van der Waals surface area contributed by atoms with Gasteiger partial charge in [-0.2, -0.15) is 0 Å². The fourth-order valence-corrected chi connectivity index (χ4v) is 2.38. The molecule has 0 aromatic rings. The van der Waals surface area contributed by atoms with Gasteiger partial charge in [0.2, 0.25) is 5.91 Å². The second kappa shape index (κ2) is 5.46. The van der Waals surface area contributed by atoms with E-state index in [9.17, 15) is 4.79 Å². The van der Waals surface area contributed by atoms with Crippen molar-refractivity contribution in [3.63, 3.8) is 0 Å². The van der Waals surface area contributed by atoms with E-state index in [2.05, 4.69) is 22.8 Å². The SMILES string of the molecule is CO[C@H]1CNCC1NC(=O)C1CC=CCC1. The lowest BCUT2D eigenvalue weighted by molar-refractivity contribution is -0.126. The third-order valence-corrected chi connectivity index (χ3v) is 3.43. The molecule has 1 amide bonds. The van der Waals surface area contributed by atoms with Crippen molar-refractivity contribution in [2.24, 2.45) is 5.92 Å². The van der Waals surface area contributed by atoms with E-state index in [0.29, 0.717) is 0 Å². The Morgan fingerprint density at radius 2 is 2.31 bits per heavy atom. The van der Waals surface area contributed by atoms with Gasteiger partial charge in [-0.15, -0.1) is 0 Å². The summed E-state index contributed by atoms with van der Waals surface area (Å²) in [7, 11) is 1.69. The molecule has 0 radical (unpaired) electrons. The molecule has 0 bridgehead atoms. The molecule has 2 unspecified atom stereocenters. The highest BCUT2D eigenvalue weighted by molar-refractivity contribution is 5.79. The highest BCUT2D eigenvalue weighted by atomic mass is 16.5. The van der Waals surface area contributed by atoms with Crippen LogP contribution in [0.15, 0.2) is 12.2 Å². The molecule has 4 nitrogen and oxygen atoms in total. The van der Waals surface area contributed by atoms with Crippen LogP contribution >= 0.6 is 0 Å². The Hall–Kier alpha value is -0.870. The standard InChI is InChI=1S/C12H20N2O2/c1-16-11-8-13-7-10(11)14-12(15)9-5-3-2-4-6-9/h2-3,9-11,13H,4-8H2,1H3,(H,14,15)/t9?,10?,11-/m0/s1. The zero-order valence-corrected chi connectivity index (χ0v) is 9.74. The van der Waals surface area contributed by atoms with Crippen LogP contribution in [0.1, 0.15) is 19.3 Å². The Morgan fingerprint density at radius 1 is 1.44 bits per heavy atom. The predicted molar refractivity (Wildman–Crippen MR) is 62.1 cm³/mol. The van der Waals surface area contributed by atoms with Gasteiger partial charge < -0.3 is 15.4 Å². The number of carbonyl (C=O) groups is 1. The average Bonchev–Trinajstić information content (AvgIpc) is 2.77. The van der Waals surface area contributed by atoms with E-state index in [4.69, 9.17) is 4.74 Å². The summed E-state index contributed by atoms with van der Waals surface area (Å²) in [5.74, 6) is 0.336. The lowest BCUT2D eigenvalue weighted by Crippen LogP contribution is -2.46. The molecule has 4 heteroatoms. The Morgan fingerprint density at radius 3 is 3.00 bits per heavy atom. The van der Waals surface area contributed by atoms with Crippen molar-refractivity contribution in [1.29, 1.82) is 0 Å². The summed E-state index contributed by atoms with van der Waals surface area (Å²) >= 11 is 0. The lowest BCUT2D eigenvalue weighted by Gasteiger charge is -2.23. The minimum atomic E-state index is 0.114. The van der Waals surface area contributed by atoms with E-state index >= 15 is 0 Å². The van der Waals surface area contributed by atoms with Crippen molar-refractivity contribution in [3.05, 3.63) is 12.2 Å². The van der Waals surface area contributed by atoms with Crippen LogP contribution in [0.4, 0.5) is 0 Å². The van der Waals surface area contributed by atoms with Gasteiger partial charge >= 0.3 is 0 Å². The largest absolute Gasteiger partial charge is 0.378 e. The summed E-state index contributed by atoms with van der Waals surface area (Å²) < 4.78 is 5.32. The Kier molecular flexibility index (Phi) is 3.96. The summed E-state index contributed by atoms with van der Waals surface area (Å²) in [5.41, 5.74) is 0. The first-order valence-electron chi connectivity index (χ1n) is 6.00. The van der Waals surface area contributed by atoms with Crippen molar-refractivity contribution >= 4 is 5.91 Å². The molecule has 1 aliphatic carbocycles. The number of nitrogens with one attached hydrogen (secondary N) is 2. The van der Waals surface area contributed by atoms with Gasteiger partial charge in [0.25, 0.3) is 0 Å². The molecule has 90 valence electrons. The van der Waals surface area contributed by atoms with Gasteiger partial charge in [-0.25, -0.2) is 0 Å². The molecule has 2 aliphatic rings. The molecule has 0 aromatic heterocycles. The van der Waals surface area contributed by atoms with Crippen LogP contribution in [0.3, 0.4) is 0 Å². The molecule has 0 aromatic carbocycles. The number of amides is 1. The zero-order valence-electron chi connectivity index (χ0n) is 9.74. The normalized spacial score (nSPS) is 33.9. The molecule has 1 saturated heterocycles. The summed E-state index contributed by atoms with van der Waals surface area (Å²) in [6, 6.07) is 0.128. The summed E-state index contributed by atoms with van der Waals surface area (Å²) in [4.78, 5) is 12.0. The van der Waals surface area contributed by atoms with Crippen molar-refractivity contribution in [3.8, 4) is 0 Å². The molecule has 2 rings (SSSR count). The number of hydrogen-bond acceptors (Lipinski definition) is 3. The molecule has 1 heterocycles. The monoisotopic (exact) mass is 224 g/mol. The molecule has 0 spiro atoms. The van der Waals surface area contributed by atoms with Gasteiger partial charge in [-0.1, -0.05) is 12.2 Å². The van der Waals surface area contributed by atoms with Crippen molar-refractivity contribution in [2.45, 2.75) is 31.4 Å². The minimum Gasteiger partial charge on any atom is -0.378 e. The predicted octanol–water partition coefficient (Wildman–Crippen LogP) is 0.446. The van der Waals surface area contributed by atoms with Crippen LogP contribution in [-0.2, 0) is 9.53 Å². The number of ether oxygens (including phenoxy) is 1. The van der Waals surface area contributed by atoms with Crippen LogP contribution in [0, 0.1) is 5.92 Å². The number of rotatable bonds is 3. The minimum absolute atomic E-state index is 0.114. The topological polar surface area (TPSA) is 50.4 Å². The maximum Gasteiger partial charge on any atom is 0.223 e. The van der Waals surface area contributed by atoms with E-state index in [1.54, 1.807) is 7.11 Å². The summed E-state index contributed by atoms with van der Waals surface area (Å²) in [6.07, 6.45) is 7.24. The number of methoxy groups -OCH3 is 1. The Balaban J connectivity index is 1.84. The Labute approximate surface area is 96.4 Å². The fourth-order valence-electron chi connectivity index (χ4n) is 2.38. The van der Waals surface area contributed by atoms with Crippen molar-refractivity contribution in [2.75, 3.05) is 20.2 Å². The number of allylic oxidation sites excluding steroid dienone is 2. The van der Waals surface area contributed by atoms with Crippen LogP contribution in [0.2, 0.25) is 0 Å². The first-order chi connectivity index (χ1) is 7.81. The van der Waals surface area contributed by atoms with Gasteiger partial charge in [0.05, 0.1) is 12.1 Å². The quantitative estimate of drug-likeness (QED) is 0.684. The zero-order chi connectivity index (χ0) is 11.4. The maximum absolute atomic E-state index is 12.0. The maximum atomic E-state index is 12.0. The lowest BCUT2D eigenvalue weighted by atomic mass is 9.93. The molecule has 1 aliphatic heterocycles. The molecule has 16 heavy (non-hydrogen) atoms. The average molecular weight is 224 g/mol. The van der Waals surface area contributed by atoms with Crippen molar-refractivity contribution in [1.82, 2.24) is 10.6 Å². The molecular formula is C12H20N2O2. The van der Waals surface area contributed by atoms with E-state index < -0.39 is 0 Å². The number of hydrogen-bond donors (Lipinski definition) is 2. The molecular weight excluding hydrogens is 204 g/mol. The second-order valence-electron chi connectivity index (χ2n) is 4.53. The van der Waals surface area contributed by atoms with Crippen LogP contribution in [0.5, 0.6) is 0 Å². The first-order valence-corrected chi connectivity index (χ1v) is 6.00. The van der Waals surface area contributed by atoms with E-state index in [0.717, 1.165) is 32.4 Å². The van der Waals surface area contributed by atoms with Crippen molar-refractivity contribution < 1.29 is 9.53 Å². The summed E-state index contributed by atoms with van der Waals surface area (Å²) in [5, 5.41) is 6.32. The van der Waals surface area contributed by atoms with Crippen LogP contribution in [0.25, 0.3) is 0 Å². The van der Waals surface area contributed by atoms with Gasteiger partial charge in [0.15, 0.2) is 0 Å². The third kappa shape index (κ3) is 2.62. The van der Waals surface area contributed by atoms with Gasteiger partial charge in [0.1, 0.15) is 0 Å². The fraction of sp³-hybridized carbons (Fsp3) is 0.750. The number of carbonyl (C=O) groups excluding carboxylic acids is 1. The summed E-state index contributed by atoms with van der Waals surface area (Å²) in [6.45, 7) is 1.64. The van der Waals surface area contributed by atoms with E-state index in [-0.39, 0.29) is 24.0 Å². The van der Waals surface area contributed by atoms with Crippen LogP contribution < -0.4 is 10.6 Å². The molecule has 1 fully saturated rings.